The van der Waals surface area contributed by atoms with Crippen molar-refractivity contribution in [2.45, 2.75) is 96.3 Å². The summed E-state index contributed by atoms with van der Waals surface area (Å²) in [5.74, 6) is 2.32. The molecule has 14 N–H and O–H groups in total. The van der Waals surface area contributed by atoms with Crippen LogP contribution in [-0.4, -0.2) is 80.5 Å². The second-order valence-corrected chi connectivity index (χ2v) is 16.4. The summed E-state index contributed by atoms with van der Waals surface area (Å²) in [6, 6.07) is 0. The second kappa shape index (κ2) is 42.1. The monoisotopic (exact) mass is 1010 g/mol. The van der Waals surface area contributed by atoms with Crippen molar-refractivity contribution in [3.05, 3.63) is 43.7 Å². The fraction of sp³-hybridized carbons (Fsp3) is 0.600. The Morgan fingerprint density at radius 2 is 0.967 bits per heavy atom. The molecule has 344 valence electrons. The summed E-state index contributed by atoms with van der Waals surface area (Å²) < 4.78 is 0. The van der Waals surface area contributed by atoms with Gasteiger partial charge >= 0.3 is 0 Å². The number of aromatic nitrogens is 3. The van der Waals surface area contributed by atoms with E-state index in [1.165, 1.54) is 34.0 Å². The zero-order chi connectivity index (χ0) is 46.1. The second-order valence-electron chi connectivity index (χ2n) is 12.1. The number of hydrogen-bond acceptors (Lipinski definition) is 13. The third-order valence-electron chi connectivity index (χ3n) is 6.75. The van der Waals surface area contributed by atoms with E-state index in [4.69, 9.17) is 104 Å². The van der Waals surface area contributed by atoms with Crippen LogP contribution in [0.15, 0.2) is 36.2 Å². The van der Waals surface area contributed by atoms with Crippen LogP contribution >= 0.6 is 92.0 Å². The molecule has 3 rings (SSSR count). The number of rotatable bonds is 25. The summed E-state index contributed by atoms with van der Waals surface area (Å²) in [6.45, 7) is 1.26. The number of nitrogens with zero attached hydrogens (tertiary/aromatic N) is 9. The van der Waals surface area contributed by atoms with E-state index in [1.54, 1.807) is 0 Å². The number of carbonyl (C=O) groups is 2. The number of guanidine groups is 3. The van der Waals surface area contributed by atoms with Gasteiger partial charge in [-0.1, -0.05) is 5.11 Å². The predicted octanol–water partition coefficient (Wildman–Crippen LogP) is 7.98. The number of nitrogens with two attached hydrogens (primary N) is 7. The molecule has 61 heavy (non-hydrogen) atoms. The van der Waals surface area contributed by atoms with Gasteiger partial charge in [-0.25, -0.2) is 15.0 Å². The van der Waals surface area contributed by atoms with Gasteiger partial charge in [0, 0.05) is 58.1 Å². The number of ketones is 1. The first-order chi connectivity index (χ1) is 29.2. The zero-order valence-electron chi connectivity index (χ0n) is 34.1. The van der Waals surface area contributed by atoms with Gasteiger partial charge in [0.25, 0.3) is 0 Å². The smallest absolute Gasteiger partial charge is 0.221 e. The van der Waals surface area contributed by atoms with Gasteiger partial charge < -0.3 is 40.1 Å². The maximum absolute atomic E-state index is 10.5. The molecule has 0 aliphatic rings. The highest BCUT2D eigenvalue weighted by Crippen LogP contribution is 2.21. The SMILES string of the molecule is NC(N)=Nc1nc(CCCCCl)cs1.NCCCCc1csc(N=C(N)N)n1.O=C(CCl)CCCCCl.O=C(Cl)CCCCCl.[N-]=[N+]=NCCCCc1csc(N=C(N)N)n1. The molecule has 0 amide bonds. The van der Waals surface area contributed by atoms with E-state index in [0.29, 0.717) is 52.4 Å². The van der Waals surface area contributed by atoms with Crippen molar-refractivity contribution in [2.75, 3.05) is 36.6 Å². The summed E-state index contributed by atoms with van der Waals surface area (Å²) in [4.78, 5) is 47.5. The average Bonchev–Trinajstić information content (AvgIpc) is 3.97. The molecule has 0 fully saturated rings. The molecular weight excluding hydrogens is 950 g/mol. The summed E-state index contributed by atoms with van der Waals surface area (Å²) in [6.07, 6.45) is 13.1. The Morgan fingerprint density at radius 1 is 0.590 bits per heavy atom. The largest absolute Gasteiger partial charge is 0.370 e. The highest BCUT2D eigenvalue weighted by Gasteiger charge is 2.03. The van der Waals surface area contributed by atoms with Gasteiger partial charge in [-0.15, -0.1) is 80.4 Å². The Labute approximate surface area is 395 Å². The van der Waals surface area contributed by atoms with Gasteiger partial charge in [0.05, 0.1) is 23.0 Å². The Bertz CT molecular complexity index is 1640. The molecule has 0 unspecified atom stereocenters. The van der Waals surface area contributed by atoms with Crippen molar-refractivity contribution < 1.29 is 9.59 Å². The molecule has 0 aromatic carbocycles. The van der Waals surface area contributed by atoms with Crippen LogP contribution in [0.1, 0.15) is 94.1 Å². The quantitative estimate of drug-likeness (QED) is 0.00621. The molecule has 0 bridgehead atoms. The third-order valence-corrected chi connectivity index (χ3v) is 10.4. The predicted molar refractivity (Wildman–Crippen MR) is 261 cm³/mol. The summed E-state index contributed by atoms with van der Waals surface area (Å²) in [7, 11) is 0. The molecule has 3 aromatic heterocycles. The molecular formula is C35H59Cl5N16O2S3. The number of Topliss-reactive ketones (excluding diaryl/α,β-unsaturated/α-hetero) is 1. The lowest BCUT2D eigenvalue weighted by atomic mass is 10.2. The lowest BCUT2D eigenvalue weighted by Gasteiger charge is -1.93. The Morgan fingerprint density at radius 3 is 1.31 bits per heavy atom. The number of alkyl halides is 4. The third kappa shape index (κ3) is 40.6. The van der Waals surface area contributed by atoms with Crippen molar-refractivity contribution in [2.24, 2.45) is 60.2 Å². The van der Waals surface area contributed by atoms with Crippen LogP contribution in [0.2, 0.25) is 0 Å². The van der Waals surface area contributed by atoms with Gasteiger partial charge in [-0.05, 0) is 107 Å². The Balaban J connectivity index is 0. The van der Waals surface area contributed by atoms with Gasteiger partial charge in [0.15, 0.2) is 17.9 Å². The number of hydrogen-bond donors (Lipinski definition) is 7. The maximum Gasteiger partial charge on any atom is 0.221 e. The molecule has 0 spiro atoms. The first kappa shape index (κ1) is 59.9. The molecule has 3 heterocycles. The molecule has 0 aliphatic carbocycles. The fourth-order valence-electron chi connectivity index (χ4n) is 3.95. The number of aliphatic imine (C=N–C) groups is 3. The van der Waals surface area contributed by atoms with E-state index < -0.39 is 0 Å². The van der Waals surface area contributed by atoms with E-state index in [2.05, 4.69) is 40.0 Å². The molecule has 26 heteroatoms. The molecule has 0 radical (unpaired) electrons. The first-order valence-electron chi connectivity index (χ1n) is 19.0. The summed E-state index contributed by atoms with van der Waals surface area (Å²) >= 11 is 30.9. The lowest BCUT2D eigenvalue weighted by Crippen LogP contribution is -2.21. The zero-order valence-corrected chi connectivity index (χ0v) is 40.3. The van der Waals surface area contributed by atoms with E-state index in [1.807, 2.05) is 16.1 Å². The van der Waals surface area contributed by atoms with Crippen molar-refractivity contribution in [1.29, 1.82) is 0 Å². The normalized spacial score (nSPS) is 9.74. The molecule has 0 saturated heterocycles. The average molecular weight is 1010 g/mol. The first-order valence-corrected chi connectivity index (χ1v) is 24.2. The van der Waals surface area contributed by atoms with Gasteiger partial charge in [-0.2, -0.15) is 15.0 Å². The molecule has 18 nitrogen and oxygen atoms in total. The van der Waals surface area contributed by atoms with Crippen LogP contribution in [-0.2, 0) is 28.9 Å². The molecule has 0 atom stereocenters. The van der Waals surface area contributed by atoms with Crippen molar-refractivity contribution >= 4 is 136 Å². The van der Waals surface area contributed by atoms with Crippen LogP contribution in [0.3, 0.4) is 0 Å². The van der Waals surface area contributed by atoms with Crippen LogP contribution in [0.25, 0.3) is 10.4 Å². The maximum atomic E-state index is 10.5. The number of unbranched alkanes of at least 4 members (excludes halogenated alkanes) is 5. The number of halogens is 5. The summed E-state index contributed by atoms with van der Waals surface area (Å²) in [5.41, 5.74) is 47.9. The van der Waals surface area contributed by atoms with Crippen molar-refractivity contribution in [3.63, 3.8) is 0 Å². The fourth-order valence-corrected chi connectivity index (χ4v) is 7.00. The van der Waals surface area contributed by atoms with E-state index in [-0.39, 0.29) is 34.8 Å². The van der Waals surface area contributed by atoms with Crippen molar-refractivity contribution in [3.8, 4) is 0 Å². The minimum Gasteiger partial charge on any atom is -0.370 e. The topological polar surface area (TPSA) is 341 Å². The highest BCUT2D eigenvalue weighted by atomic mass is 35.5. The van der Waals surface area contributed by atoms with Crippen LogP contribution in [0.5, 0.6) is 0 Å². The van der Waals surface area contributed by atoms with E-state index >= 15 is 0 Å². The van der Waals surface area contributed by atoms with Gasteiger partial charge in [-0.3, -0.25) is 9.59 Å². The van der Waals surface area contributed by atoms with Crippen LogP contribution in [0, 0.1) is 0 Å². The van der Waals surface area contributed by atoms with Gasteiger partial charge in [0.1, 0.15) is 5.78 Å². The van der Waals surface area contributed by atoms with Crippen LogP contribution in [0.4, 0.5) is 15.4 Å². The molecule has 3 aromatic rings. The van der Waals surface area contributed by atoms with E-state index in [0.717, 1.165) is 107 Å². The molecule has 0 aliphatic heterocycles. The molecule has 0 saturated carbocycles. The minimum absolute atomic E-state index is 0.0178. The number of thiazole rings is 3. The van der Waals surface area contributed by atoms with Crippen molar-refractivity contribution in [1.82, 2.24) is 15.0 Å². The van der Waals surface area contributed by atoms with Crippen LogP contribution < -0.4 is 40.1 Å². The number of aryl methyl sites for hydroxylation is 3. The standard InChI is InChI=1S/C8H13ClN4S.C8H13N7S.C8H15N5S.C6H10Cl2O.C5H8Cl2O/c9-4-2-1-3-6-5-14-8(12-6)13-7(10)11;9-7(10)14-8-13-6(5-16-8)3-1-2-4-12-15-11;9-4-2-1-3-6-5-14-8(12-6)13-7(10)11;7-4-2-1-3-6(9)5-8;6-4-2-1-3-5(7)8/h5H,1-4H2,(H4,10,11,12,13);5H,1-4H2,(H4,9,10,13,14);5H,1-4,9H2,(H4,10,11,12,13);1-5H2;1-4H2. The highest BCUT2D eigenvalue weighted by molar-refractivity contribution is 7.14. The summed E-state index contributed by atoms with van der Waals surface area (Å²) in [5, 5.41) is 10.9. The lowest BCUT2D eigenvalue weighted by molar-refractivity contribution is -0.116. The van der Waals surface area contributed by atoms with E-state index in [9.17, 15) is 9.59 Å². The van der Waals surface area contributed by atoms with Gasteiger partial charge in [0.2, 0.25) is 20.6 Å². The number of azide groups is 1. The Hall–Kier alpha value is -3.24. The Kier molecular flexibility index (Phi) is 41.3. The minimum atomic E-state index is -0.268. The number of carbonyl (C=O) groups excluding carboxylic acids is 2.